The third kappa shape index (κ3) is 3.95. The largest absolute Gasteiger partial charge is 0.497 e. The SMILES string of the molecule is COc1ccc(CNS(=O)(=O)CC2NCc3ccc(C)cc32)cc1. The van der Waals surface area contributed by atoms with Crippen molar-refractivity contribution in [3.8, 4) is 5.75 Å². The van der Waals surface area contributed by atoms with E-state index in [1.807, 2.05) is 31.2 Å². The predicted octanol–water partition coefficient (Wildman–Crippen LogP) is 2.27. The maximum absolute atomic E-state index is 12.4. The summed E-state index contributed by atoms with van der Waals surface area (Å²) in [4.78, 5) is 0. The molecule has 2 N–H and O–H groups in total. The van der Waals surface area contributed by atoms with Gasteiger partial charge in [-0.15, -0.1) is 0 Å². The van der Waals surface area contributed by atoms with Crippen LogP contribution >= 0.6 is 0 Å². The van der Waals surface area contributed by atoms with Gasteiger partial charge in [-0.25, -0.2) is 13.1 Å². The number of methoxy groups -OCH3 is 1. The number of fused-ring (bicyclic) bond motifs is 1. The molecule has 6 heteroatoms. The molecular formula is C18H22N2O3S. The number of rotatable bonds is 6. The Balaban J connectivity index is 1.63. The molecule has 0 amide bonds. The summed E-state index contributed by atoms with van der Waals surface area (Å²) in [7, 11) is -1.78. The molecule has 0 aliphatic carbocycles. The monoisotopic (exact) mass is 346 g/mol. The fraction of sp³-hybridized carbons (Fsp3) is 0.333. The van der Waals surface area contributed by atoms with E-state index in [1.54, 1.807) is 7.11 Å². The van der Waals surface area contributed by atoms with Crippen molar-refractivity contribution in [1.29, 1.82) is 0 Å². The molecule has 1 heterocycles. The minimum absolute atomic E-state index is 0.0413. The number of hydrogen-bond acceptors (Lipinski definition) is 4. The lowest BCUT2D eigenvalue weighted by molar-refractivity contribution is 0.414. The first-order valence-corrected chi connectivity index (χ1v) is 9.55. The third-order valence-corrected chi connectivity index (χ3v) is 5.61. The number of benzene rings is 2. The quantitative estimate of drug-likeness (QED) is 0.842. The van der Waals surface area contributed by atoms with Crippen molar-refractivity contribution in [2.75, 3.05) is 12.9 Å². The van der Waals surface area contributed by atoms with Crippen LogP contribution in [-0.2, 0) is 23.1 Å². The normalized spacial score (nSPS) is 16.8. The van der Waals surface area contributed by atoms with Gasteiger partial charge in [-0.2, -0.15) is 0 Å². The second-order valence-corrected chi connectivity index (χ2v) is 7.94. The van der Waals surface area contributed by atoms with E-state index in [1.165, 1.54) is 5.56 Å². The molecule has 24 heavy (non-hydrogen) atoms. The summed E-state index contributed by atoms with van der Waals surface area (Å²) in [5.41, 5.74) is 4.31. The average Bonchev–Trinajstić information content (AvgIpc) is 2.95. The predicted molar refractivity (Wildman–Crippen MR) is 94.4 cm³/mol. The molecule has 0 radical (unpaired) electrons. The van der Waals surface area contributed by atoms with Crippen LogP contribution < -0.4 is 14.8 Å². The maximum Gasteiger partial charge on any atom is 0.213 e. The lowest BCUT2D eigenvalue weighted by atomic mass is 10.0. The molecular weight excluding hydrogens is 324 g/mol. The molecule has 0 aromatic heterocycles. The highest BCUT2D eigenvalue weighted by molar-refractivity contribution is 7.89. The van der Waals surface area contributed by atoms with Gasteiger partial charge in [0.05, 0.1) is 12.9 Å². The number of sulfonamides is 1. The lowest BCUT2D eigenvalue weighted by Crippen LogP contribution is -2.31. The van der Waals surface area contributed by atoms with Crippen LogP contribution in [0.3, 0.4) is 0 Å². The highest BCUT2D eigenvalue weighted by Gasteiger charge is 2.26. The summed E-state index contributed by atoms with van der Waals surface area (Å²) in [6.07, 6.45) is 0. The molecule has 0 spiro atoms. The minimum atomic E-state index is -3.38. The van der Waals surface area contributed by atoms with Crippen LogP contribution in [0.5, 0.6) is 5.75 Å². The zero-order valence-electron chi connectivity index (χ0n) is 13.9. The number of nitrogens with one attached hydrogen (secondary N) is 2. The Bertz CT molecular complexity index is 817. The summed E-state index contributed by atoms with van der Waals surface area (Å²) in [6, 6.07) is 13.4. The second-order valence-electron chi connectivity index (χ2n) is 6.09. The van der Waals surface area contributed by atoms with Gasteiger partial charge < -0.3 is 10.1 Å². The molecule has 3 rings (SSSR count). The Hall–Kier alpha value is -1.89. The summed E-state index contributed by atoms with van der Waals surface area (Å²) < 4.78 is 32.6. The summed E-state index contributed by atoms with van der Waals surface area (Å²) in [6.45, 7) is 3.01. The third-order valence-electron chi connectivity index (χ3n) is 4.26. The maximum atomic E-state index is 12.4. The first-order chi connectivity index (χ1) is 11.5. The molecule has 1 atom stereocenters. The second kappa shape index (κ2) is 6.93. The number of ether oxygens (including phenoxy) is 1. The highest BCUT2D eigenvalue weighted by Crippen LogP contribution is 2.27. The average molecular weight is 346 g/mol. The Morgan fingerprint density at radius 2 is 1.96 bits per heavy atom. The zero-order chi connectivity index (χ0) is 17.2. The van der Waals surface area contributed by atoms with Gasteiger partial charge in [-0.1, -0.05) is 35.9 Å². The first-order valence-electron chi connectivity index (χ1n) is 7.90. The summed E-state index contributed by atoms with van der Waals surface area (Å²) in [5.74, 6) is 0.795. The molecule has 5 nitrogen and oxygen atoms in total. The van der Waals surface area contributed by atoms with Crippen molar-refractivity contribution >= 4 is 10.0 Å². The van der Waals surface area contributed by atoms with E-state index in [9.17, 15) is 8.42 Å². The van der Waals surface area contributed by atoms with Gasteiger partial charge in [-0.3, -0.25) is 0 Å². The van der Waals surface area contributed by atoms with E-state index in [0.29, 0.717) is 6.54 Å². The van der Waals surface area contributed by atoms with E-state index in [2.05, 4.69) is 28.2 Å². The van der Waals surface area contributed by atoms with Crippen LogP contribution in [0, 0.1) is 6.92 Å². The standard InChI is InChI=1S/C18H22N2O3S/c1-13-3-6-15-11-19-18(17(15)9-13)12-24(21,22)20-10-14-4-7-16(23-2)8-5-14/h3-9,18-20H,10-12H2,1-2H3. The Kier molecular flexibility index (Phi) is 4.89. The Morgan fingerprint density at radius 3 is 2.67 bits per heavy atom. The molecule has 2 aromatic carbocycles. The Morgan fingerprint density at radius 1 is 1.21 bits per heavy atom. The molecule has 2 aromatic rings. The summed E-state index contributed by atoms with van der Waals surface area (Å²) >= 11 is 0. The van der Waals surface area contributed by atoms with Crippen LogP contribution in [0.15, 0.2) is 42.5 Å². The van der Waals surface area contributed by atoms with Crippen LogP contribution in [0.1, 0.15) is 28.3 Å². The van der Waals surface area contributed by atoms with Gasteiger partial charge in [0.2, 0.25) is 10.0 Å². The van der Waals surface area contributed by atoms with Crippen LogP contribution in [0.25, 0.3) is 0 Å². The van der Waals surface area contributed by atoms with E-state index in [0.717, 1.165) is 22.4 Å². The summed E-state index contributed by atoms with van der Waals surface area (Å²) in [5, 5.41) is 3.28. The van der Waals surface area contributed by atoms with Crippen molar-refractivity contribution in [1.82, 2.24) is 10.0 Å². The number of hydrogen-bond donors (Lipinski definition) is 2. The van der Waals surface area contributed by atoms with Gasteiger partial charge in [-0.05, 0) is 35.7 Å². The molecule has 1 unspecified atom stereocenters. The van der Waals surface area contributed by atoms with Crippen molar-refractivity contribution in [3.05, 3.63) is 64.7 Å². The van der Waals surface area contributed by atoms with Gasteiger partial charge in [0.15, 0.2) is 0 Å². The van der Waals surface area contributed by atoms with Crippen molar-refractivity contribution < 1.29 is 13.2 Å². The van der Waals surface area contributed by atoms with Gasteiger partial charge in [0.1, 0.15) is 5.75 Å². The molecule has 1 aliphatic rings. The lowest BCUT2D eigenvalue weighted by Gasteiger charge is -2.14. The smallest absolute Gasteiger partial charge is 0.213 e. The van der Waals surface area contributed by atoms with E-state index in [4.69, 9.17) is 4.74 Å². The highest BCUT2D eigenvalue weighted by atomic mass is 32.2. The van der Waals surface area contributed by atoms with Gasteiger partial charge >= 0.3 is 0 Å². The zero-order valence-corrected chi connectivity index (χ0v) is 14.7. The van der Waals surface area contributed by atoms with Crippen molar-refractivity contribution in [3.63, 3.8) is 0 Å². The topological polar surface area (TPSA) is 67.4 Å². The van der Waals surface area contributed by atoms with Crippen LogP contribution in [0.2, 0.25) is 0 Å². The molecule has 1 aliphatic heterocycles. The molecule has 0 saturated carbocycles. The minimum Gasteiger partial charge on any atom is -0.497 e. The van der Waals surface area contributed by atoms with E-state index in [-0.39, 0.29) is 18.3 Å². The fourth-order valence-corrected chi connectivity index (χ4v) is 4.15. The molecule has 0 bridgehead atoms. The fourth-order valence-electron chi connectivity index (χ4n) is 2.91. The Labute approximate surface area is 143 Å². The first kappa shape index (κ1) is 17.0. The molecule has 0 fully saturated rings. The van der Waals surface area contributed by atoms with Crippen molar-refractivity contribution in [2.24, 2.45) is 0 Å². The van der Waals surface area contributed by atoms with Gasteiger partial charge in [0, 0.05) is 19.1 Å². The van der Waals surface area contributed by atoms with Gasteiger partial charge in [0.25, 0.3) is 0 Å². The van der Waals surface area contributed by atoms with Crippen molar-refractivity contribution in [2.45, 2.75) is 26.1 Å². The van der Waals surface area contributed by atoms with E-state index < -0.39 is 10.0 Å². The van der Waals surface area contributed by atoms with Crippen LogP contribution in [0.4, 0.5) is 0 Å². The van der Waals surface area contributed by atoms with Crippen LogP contribution in [-0.4, -0.2) is 21.3 Å². The molecule has 0 saturated heterocycles. The molecule has 128 valence electrons. The number of aryl methyl sites for hydroxylation is 1. The van der Waals surface area contributed by atoms with E-state index >= 15 is 0 Å².